The van der Waals surface area contributed by atoms with Crippen LogP contribution in [0.15, 0.2) is 34.7 Å². The lowest BCUT2D eigenvalue weighted by atomic mass is 9.96. The van der Waals surface area contributed by atoms with Gasteiger partial charge in [0.2, 0.25) is 9.47 Å². The summed E-state index contributed by atoms with van der Waals surface area (Å²) in [7, 11) is -3.70. The Hall–Kier alpha value is -1.84. The highest BCUT2D eigenvalue weighted by molar-refractivity contribution is 7.91. The van der Waals surface area contributed by atoms with E-state index >= 15 is 0 Å². The van der Waals surface area contributed by atoms with E-state index < -0.39 is 10.0 Å². The number of carbonyl (C=O) groups excluding carboxylic acids is 1. The van der Waals surface area contributed by atoms with Crippen molar-refractivity contribution in [3.05, 3.63) is 35.9 Å². The highest BCUT2D eigenvalue weighted by Crippen LogP contribution is 2.44. The van der Waals surface area contributed by atoms with Crippen LogP contribution in [0.25, 0.3) is 0 Å². The van der Waals surface area contributed by atoms with Crippen LogP contribution >= 0.6 is 11.3 Å². The number of carbonyl (C=O) groups is 1. The highest BCUT2D eigenvalue weighted by Gasteiger charge is 2.41. The van der Waals surface area contributed by atoms with Gasteiger partial charge >= 0.3 is 0 Å². The largest absolute Gasteiger partial charge is 0.296 e. The van der Waals surface area contributed by atoms with E-state index in [2.05, 4.69) is 20.2 Å². The minimum absolute atomic E-state index is 0.00462. The maximum atomic E-state index is 12.5. The van der Waals surface area contributed by atoms with Gasteiger partial charge in [0.25, 0.3) is 15.9 Å². The van der Waals surface area contributed by atoms with Gasteiger partial charge < -0.3 is 0 Å². The van der Waals surface area contributed by atoms with Crippen molar-refractivity contribution in [3.8, 4) is 0 Å². The summed E-state index contributed by atoms with van der Waals surface area (Å²) < 4.78 is 27.7. The van der Waals surface area contributed by atoms with E-state index in [1.165, 1.54) is 6.42 Å². The predicted octanol–water partition coefficient (Wildman–Crippen LogP) is 2.26. The third-order valence-corrected chi connectivity index (χ3v) is 7.63. The number of hydrogen-bond donors (Lipinski definition) is 2. The Morgan fingerprint density at radius 3 is 2.60 bits per heavy atom. The third kappa shape index (κ3) is 3.44. The average Bonchev–Trinajstić information content (AvgIpc) is 3.32. The first-order chi connectivity index (χ1) is 12.0. The van der Waals surface area contributed by atoms with Crippen molar-refractivity contribution in [1.29, 1.82) is 0 Å². The zero-order chi connectivity index (χ0) is 17.4. The van der Waals surface area contributed by atoms with Crippen molar-refractivity contribution in [1.82, 2.24) is 14.9 Å². The molecule has 0 spiro atoms. The minimum Gasteiger partial charge on any atom is -0.296 e. The van der Waals surface area contributed by atoms with E-state index in [0.717, 1.165) is 30.6 Å². The molecule has 2 N–H and O–H groups in total. The maximum absolute atomic E-state index is 12.5. The molecule has 3 atom stereocenters. The molecular formula is C16H18N4O3S2. The van der Waals surface area contributed by atoms with Crippen molar-refractivity contribution in [2.75, 3.05) is 5.32 Å². The Balaban J connectivity index is 1.44. The van der Waals surface area contributed by atoms with Gasteiger partial charge in [0, 0.05) is 11.6 Å². The van der Waals surface area contributed by atoms with Crippen LogP contribution in [0.3, 0.4) is 0 Å². The number of nitrogens with one attached hydrogen (secondary N) is 2. The molecule has 1 heterocycles. The number of nitrogens with zero attached hydrogens (tertiary/aromatic N) is 2. The van der Waals surface area contributed by atoms with Gasteiger partial charge in [-0.3, -0.25) is 10.1 Å². The molecule has 2 bridgehead atoms. The minimum atomic E-state index is -3.70. The van der Waals surface area contributed by atoms with Gasteiger partial charge in [0.1, 0.15) is 0 Å². The summed E-state index contributed by atoms with van der Waals surface area (Å²) >= 11 is 0.862. The molecule has 2 aliphatic rings. The van der Waals surface area contributed by atoms with Gasteiger partial charge in [-0.2, -0.15) is 0 Å². The third-order valence-electron chi connectivity index (χ3n) is 4.94. The quantitative estimate of drug-likeness (QED) is 0.777. The molecule has 4 rings (SSSR count). The molecule has 0 saturated heterocycles. The number of sulfonamides is 1. The summed E-state index contributed by atoms with van der Waals surface area (Å²) in [6.07, 6.45) is 4.31. The summed E-state index contributed by atoms with van der Waals surface area (Å²) in [5.41, 5.74) is 0.474. The Morgan fingerprint density at radius 1 is 1.12 bits per heavy atom. The van der Waals surface area contributed by atoms with Gasteiger partial charge in [-0.15, -0.1) is 10.2 Å². The Morgan fingerprint density at radius 2 is 1.92 bits per heavy atom. The molecule has 3 unspecified atom stereocenters. The molecule has 0 aliphatic heterocycles. The van der Waals surface area contributed by atoms with E-state index in [4.69, 9.17) is 0 Å². The molecule has 1 amide bonds. The molecule has 2 saturated carbocycles. The summed E-state index contributed by atoms with van der Waals surface area (Å²) in [4.78, 5) is 12.1. The fourth-order valence-electron chi connectivity index (χ4n) is 3.77. The van der Waals surface area contributed by atoms with Crippen molar-refractivity contribution < 1.29 is 13.2 Å². The smallest absolute Gasteiger partial charge is 0.270 e. The second-order valence-corrected chi connectivity index (χ2v) is 9.46. The van der Waals surface area contributed by atoms with Crippen LogP contribution in [0.1, 0.15) is 36.0 Å². The zero-order valence-electron chi connectivity index (χ0n) is 13.4. The van der Waals surface area contributed by atoms with Crippen LogP contribution < -0.4 is 10.0 Å². The summed E-state index contributed by atoms with van der Waals surface area (Å²) in [6.45, 7) is 0. The number of hydrogen-bond acceptors (Lipinski definition) is 6. The fraction of sp³-hybridized carbons (Fsp3) is 0.438. The van der Waals surface area contributed by atoms with Gasteiger partial charge in [0.15, 0.2) is 0 Å². The first-order valence-corrected chi connectivity index (χ1v) is 10.5. The molecule has 0 radical (unpaired) electrons. The number of fused-ring (bicyclic) bond motifs is 2. The Kier molecular flexibility index (Phi) is 4.30. The molecule has 25 heavy (non-hydrogen) atoms. The molecule has 1 aromatic heterocycles. The van der Waals surface area contributed by atoms with E-state index in [0.29, 0.717) is 17.4 Å². The van der Waals surface area contributed by atoms with E-state index in [9.17, 15) is 13.2 Å². The van der Waals surface area contributed by atoms with Gasteiger partial charge in [-0.25, -0.2) is 13.1 Å². The molecular weight excluding hydrogens is 360 g/mol. The molecule has 2 aromatic rings. The number of benzene rings is 1. The van der Waals surface area contributed by atoms with Gasteiger partial charge in [-0.1, -0.05) is 36.0 Å². The van der Waals surface area contributed by atoms with Crippen LogP contribution in [0.4, 0.5) is 5.13 Å². The second-order valence-electron chi connectivity index (χ2n) is 6.60. The predicted molar refractivity (Wildman–Crippen MR) is 93.9 cm³/mol. The Labute approximate surface area is 149 Å². The van der Waals surface area contributed by atoms with E-state index in [1.807, 2.05) is 6.07 Å². The number of aromatic nitrogens is 2. The molecule has 7 nitrogen and oxygen atoms in total. The van der Waals surface area contributed by atoms with Gasteiger partial charge in [0.05, 0.1) is 0 Å². The van der Waals surface area contributed by atoms with Crippen LogP contribution in [-0.4, -0.2) is 30.6 Å². The lowest BCUT2D eigenvalue weighted by molar-refractivity contribution is 0.102. The summed E-state index contributed by atoms with van der Waals surface area (Å²) in [5.74, 6) is 0.736. The molecule has 9 heteroatoms. The summed E-state index contributed by atoms with van der Waals surface area (Å²) in [6, 6.07) is 8.66. The van der Waals surface area contributed by atoms with Crippen LogP contribution in [0.2, 0.25) is 0 Å². The average molecular weight is 378 g/mol. The second kappa shape index (κ2) is 6.47. The number of amides is 1. The van der Waals surface area contributed by atoms with Crippen LogP contribution in [0.5, 0.6) is 0 Å². The molecule has 2 fully saturated rings. The van der Waals surface area contributed by atoms with Crippen molar-refractivity contribution in [2.45, 2.75) is 36.1 Å². The first kappa shape index (κ1) is 16.6. The fourth-order valence-corrected chi connectivity index (χ4v) is 6.00. The van der Waals surface area contributed by atoms with Crippen LogP contribution in [0, 0.1) is 11.8 Å². The summed E-state index contributed by atoms with van der Waals surface area (Å²) in [5, 5.41) is 10.3. The first-order valence-electron chi connectivity index (χ1n) is 8.23. The lowest BCUT2D eigenvalue weighted by Gasteiger charge is -2.21. The monoisotopic (exact) mass is 378 g/mol. The number of anilines is 1. The van der Waals surface area contributed by atoms with E-state index in [-0.39, 0.29) is 21.4 Å². The van der Waals surface area contributed by atoms with Crippen molar-refractivity contribution >= 4 is 32.4 Å². The maximum Gasteiger partial charge on any atom is 0.270 e. The lowest BCUT2D eigenvalue weighted by Crippen LogP contribution is -2.38. The van der Waals surface area contributed by atoms with Gasteiger partial charge in [-0.05, 0) is 43.2 Å². The standard InChI is InChI=1S/C16H18N4O3S2/c21-14(11-4-2-1-3-5-11)17-15-18-19-16(24-15)25(22,23)20-13-9-10-6-7-12(13)8-10/h1-5,10,12-13,20H,6-9H2,(H,17,18,21). The van der Waals surface area contributed by atoms with Crippen molar-refractivity contribution in [3.63, 3.8) is 0 Å². The SMILES string of the molecule is O=C(Nc1nnc(S(=O)(=O)NC2CC3CCC2C3)s1)c1ccccc1. The zero-order valence-corrected chi connectivity index (χ0v) is 15.0. The normalized spacial score (nSPS) is 25.2. The molecule has 2 aliphatic carbocycles. The highest BCUT2D eigenvalue weighted by atomic mass is 32.2. The van der Waals surface area contributed by atoms with Crippen LogP contribution in [-0.2, 0) is 10.0 Å². The van der Waals surface area contributed by atoms with Crippen molar-refractivity contribution in [2.24, 2.45) is 11.8 Å². The Bertz CT molecular complexity index is 882. The number of rotatable bonds is 5. The van der Waals surface area contributed by atoms with E-state index in [1.54, 1.807) is 24.3 Å². The topological polar surface area (TPSA) is 101 Å². The molecule has 1 aromatic carbocycles. The molecule has 132 valence electrons.